The molecule has 1 nitrogen and oxygen atoms in total. The maximum atomic E-state index is 3.93. The van der Waals surface area contributed by atoms with Crippen molar-refractivity contribution in [2.75, 3.05) is 0 Å². The summed E-state index contributed by atoms with van der Waals surface area (Å²) in [5.74, 6) is 5.16. The topological polar surface area (TPSA) is 12.0 Å². The first-order chi connectivity index (χ1) is 10.4. The molecule has 0 amide bonds. The smallest absolute Gasteiger partial charge is 0.0208 e. The predicted octanol–water partition coefficient (Wildman–Crippen LogP) is 4.48. The fourth-order valence-electron chi connectivity index (χ4n) is 5.93. The van der Waals surface area contributed by atoms with Crippen LogP contribution in [-0.2, 0) is 6.54 Å². The van der Waals surface area contributed by atoms with Crippen LogP contribution in [0, 0.1) is 23.7 Å². The number of rotatable bonds is 4. The molecule has 0 aliphatic heterocycles. The second kappa shape index (κ2) is 4.84. The summed E-state index contributed by atoms with van der Waals surface area (Å²) in [5, 5.41) is 3.93. The fourth-order valence-corrected chi connectivity index (χ4v) is 5.93. The van der Waals surface area contributed by atoms with Crippen molar-refractivity contribution in [2.24, 2.45) is 23.7 Å². The predicted molar refractivity (Wildman–Crippen MR) is 86.1 cm³/mol. The van der Waals surface area contributed by atoms with E-state index in [1.54, 1.807) is 12.0 Å². The third kappa shape index (κ3) is 2.16. The van der Waals surface area contributed by atoms with Gasteiger partial charge in [0.25, 0.3) is 0 Å². The quantitative estimate of drug-likeness (QED) is 0.858. The third-order valence-electron chi connectivity index (χ3n) is 7.00. The van der Waals surface area contributed by atoms with Crippen LogP contribution in [0.2, 0.25) is 0 Å². The van der Waals surface area contributed by atoms with Crippen LogP contribution in [0.5, 0.6) is 0 Å². The number of benzene rings is 1. The molecule has 2 bridgehead atoms. The van der Waals surface area contributed by atoms with Gasteiger partial charge < -0.3 is 5.32 Å². The standard InChI is InChI=1S/C20H27N/c1-3-13(9-15(4-1)14-7-8-14)12-21-20-11-16-10-19(20)18-6-2-5-17(16)18/h1,3-4,9,14,16-21H,2,5-8,10-12H2. The van der Waals surface area contributed by atoms with Gasteiger partial charge in [-0.25, -0.2) is 0 Å². The Morgan fingerprint density at radius 1 is 0.952 bits per heavy atom. The van der Waals surface area contributed by atoms with Crippen molar-refractivity contribution < 1.29 is 0 Å². The van der Waals surface area contributed by atoms with Crippen LogP contribution in [0.1, 0.15) is 62.0 Å². The van der Waals surface area contributed by atoms with Gasteiger partial charge in [-0.3, -0.25) is 0 Å². The molecule has 0 spiro atoms. The van der Waals surface area contributed by atoms with Crippen molar-refractivity contribution in [1.29, 1.82) is 0 Å². The molecule has 1 N–H and O–H groups in total. The molecule has 5 atom stereocenters. The number of hydrogen-bond donors (Lipinski definition) is 1. The second-order valence-corrected chi connectivity index (χ2v) is 8.16. The lowest BCUT2D eigenvalue weighted by Crippen LogP contribution is -2.38. The highest BCUT2D eigenvalue weighted by molar-refractivity contribution is 5.29. The Morgan fingerprint density at radius 2 is 1.86 bits per heavy atom. The highest BCUT2D eigenvalue weighted by Crippen LogP contribution is 2.58. The van der Waals surface area contributed by atoms with Gasteiger partial charge in [0.05, 0.1) is 0 Å². The first kappa shape index (κ1) is 12.7. The van der Waals surface area contributed by atoms with Crippen molar-refractivity contribution >= 4 is 0 Å². The molecule has 1 heteroatoms. The van der Waals surface area contributed by atoms with Crippen molar-refractivity contribution in [2.45, 2.75) is 63.5 Å². The highest BCUT2D eigenvalue weighted by Gasteiger charge is 2.53. The summed E-state index contributed by atoms with van der Waals surface area (Å²) >= 11 is 0. The summed E-state index contributed by atoms with van der Waals surface area (Å²) in [7, 11) is 0. The Kier molecular flexibility index (Phi) is 2.93. The Labute approximate surface area is 128 Å². The van der Waals surface area contributed by atoms with Crippen molar-refractivity contribution in [3.8, 4) is 0 Å². The zero-order chi connectivity index (χ0) is 13.8. The minimum Gasteiger partial charge on any atom is -0.310 e. The Hall–Kier alpha value is -0.820. The molecule has 112 valence electrons. The van der Waals surface area contributed by atoms with E-state index in [2.05, 4.69) is 29.6 Å². The van der Waals surface area contributed by atoms with Crippen LogP contribution in [-0.4, -0.2) is 6.04 Å². The Balaban J connectivity index is 1.24. The molecule has 5 unspecified atom stereocenters. The molecule has 0 aromatic heterocycles. The molecule has 0 heterocycles. The first-order valence-electron chi connectivity index (χ1n) is 9.21. The minimum absolute atomic E-state index is 0.818. The van der Waals surface area contributed by atoms with Gasteiger partial charge in [0.15, 0.2) is 0 Å². The first-order valence-corrected chi connectivity index (χ1v) is 9.21. The number of hydrogen-bond acceptors (Lipinski definition) is 1. The number of nitrogens with one attached hydrogen (secondary N) is 1. The second-order valence-electron chi connectivity index (χ2n) is 8.16. The molecule has 4 aliphatic rings. The van der Waals surface area contributed by atoms with Crippen molar-refractivity contribution in [1.82, 2.24) is 5.32 Å². The van der Waals surface area contributed by atoms with E-state index in [1.807, 2.05) is 0 Å². The molecular formula is C20H27N. The lowest BCUT2D eigenvalue weighted by molar-refractivity contribution is 0.208. The van der Waals surface area contributed by atoms with Gasteiger partial charge in [0.1, 0.15) is 0 Å². The largest absolute Gasteiger partial charge is 0.310 e. The molecule has 4 aliphatic carbocycles. The molecule has 0 radical (unpaired) electrons. The molecule has 1 aromatic carbocycles. The van der Waals surface area contributed by atoms with E-state index in [0.29, 0.717) is 0 Å². The summed E-state index contributed by atoms with van der Waals surface area (Å²) in [5.41, 5.74) is 3.09. The van der Waals surface area contributed by atoms with Crippen LogP contribution in [0.4, 0.5) is 0 Å². The lowest BCUT2D eigenvalue weighted by atomic mass is 9.79. The average Bonchev–Trinajstić information content (AvgIpc) is 2.96. The molecule has 0 saturated heterocycles. The zero-order valence-electron chi connectivity index (χ0n) is 12.9. The normalized spacial score (nSPS) is 40.7. The summed E-state index contributed by atoms with van der Waals surface area (Å²) in [6.07, 6.45) is 10.4. The van der Waals surface area contributed by atoms with Crippen LogP contribution >= 0.6 is 0 Å². The molecule has 1 aromatic rings. The van der Waals surface area contributed by atoms with Gasteiger partial charge in [-0.1, -0.05) is 30.7 Å². The van der Waals surface area contributed by atoms with Crippen LogP contribution < -0.4 is 5.32 Å². The Bertz CT molecular complexity index is 532. The summed E-state index contributed by atoms with van der Waals surface area (Å²) in [4.78, 5) is 0. The Morgan fingerprint density at radius 3 is 2.76 bits per heavy atom. The third-order valence-corrected chi connectivity index (χ3v) is 7.00. The minimum atomic E-state index is 0.818. The molecular weight excluding hydrogens is 254 g/mol. The van der Waals surface area contributed by atoms with Gasteiger partial charge >= 0.3 is 0 Å². The summed E-state index contributed by atoms with van der Waals surface area (Å²) in [6, 6.07) is 10.2. The van der Waals surface area contributed by atoms with E-state index in [1.165, 1.54) is 44.1 Å². The maximum Gasteiger partial charge on any atom is 0.0208 e. The number of fused-ring (bicyclic) bond motifs is 5. The highest BCUT2D eigenvalue weighted by atomic mass is 14.9. The van der Waals surface area contributed by atoms with E-state index in [-0.39, 0.29) is 0 Å². The van der Waals surface area contributed by atoms with Gasteiger partial charge in [-0.05, 0) is 79.2 Å². The van der Waals surface area contributed by atoms with Gasteiger partial charge in [0.2, 0.25) is 0 Å². The van der Waals surface area contributed by atoms with Crippen LogP contribution in [0.25, 0.3) is 0 Å². The molecule has 4 fully saturated rings. The summed E-state index contributed by atoms with van der Waals surface area (Å²) < 4.78 is 0. The lowest BCUT2D eigenvalue weighted by Gasteiger charge is -2.32. The molecule has 4 saturated carbocycles. The molecule has 5 rings (SSSR count). The summed E-state index contributed by atoms with van der Waals surface area (Å²) in [6.45, 7) is 1.09. The van der Waals surface area contributed by atoms with E-state index in [9.17, 15) is 0 Å². The van der Waals surface area contributed by atoms with Crippen molar-refractivity contribution in [3.05, 3.63) is 35.4 Å². The van der Waals surface area contributed by atoms with Gasteiger partial charge in [-0.2, -0.15) is 0 Å². The van der Waals surface area contributed by atoms with E-state index < -0.39 is 0 Å². The van der Waals surface area contributed by atoms with E-state index in [4.69, 9.17) is 0 Å². The van der Waals surface area contributed by atoms with Crippen LogP contribution in [0.15, 0.2) is 24.3 Å². The van der Waals surface area contributed by atoms with Crippen molar-refractivity contribution in [3.63, 3.8) is 0 Å². The van der Waals surface area contributed by atoms with Gasteiger partial charge in [0, 0.05) is 12.6 Å². The SMILES string of the molecule is c1cc(CNC2CC3CC2C2CCCC32)cc(C2CC2)c1. The maximum absolute atomic E-state index is 3.93. The fraction of sp³-hybridized carbons (Fsp3) is 0.700. The average molecular weight is 281 g/mol. The van der Waals surface area contributed by atoms with Gasteiger partial charge in [-0.15, -0.1) is 0 Å². The molecule has 21 heavy (non-hydrogen) atoms. The van der Waals surface area contributed by atoms with Crippen LogP contribution in [0.3, 0.4) is 0 Å². The van der Waals surface area contributed by atoms with E-state index >= 15 is 0 Å². The monoisotopic (exact) mass is 281 g/mol. The zero-order valence-corrected chi connectivity index (χ0v) is 12.9. The van der Waals surface area contributed by atoms with E-state index in [0.717, 1.165) is 42.2 Å².